The van der Waals surface area contributed by atoms with E-state index in [4.69, 9.17) is 5.11 Å². The van der Waals surface area contributed by atoms with Crippen LogP contribution in [0.15, 0.2) is 22.7 Å². The summed E-state index contributed by atoms with van der Waals surface area (Å²) in [5, 5.41) is 8.90. The first-order chi connectivity index (χ1) is 8.97. The molecule has 2 fully saturated rings. The van der Waals surface area contributed by atoms with Crippen LogP contribution in [0.5, 0.6) is 0 Å². The van der Waals surface area contributed by atoms with Crippen molar-refractivity contribution in [3.63, 3.8) is 0 Å². The van der Waals surface area contributed by atoms with E-state index in [-0.39, 0.29) is 11.2 Å². The molecule has 5 heteroatoms. The number of rotatable bonds is 1. The highest BCUT2D eigenvalue weighted by molar-refractivity contribution is 9.10. The lowest BCUT2D eigenvalue weighted by Gasteiger charge is -2.46. The fraction of sp³-hybridized carbons (Fsp3) is 0.500. The van der Waals surface area contributed by atoms with E-state index in [0.717, 1.165) is 29.3 Å². The summed E-state index contributed by atoms with van der Waals surface area (Å²) in [6.45, 7) is 1.27. The number of carbonyl (C=O) groups is 1. The summed E-state index contributed by atoms with van der Waals surface area (Å²) in [6, 6.07) is 5.03. The van der Waals surface area contributed by atoms with Crippen LogP contribution in [0.1, 0.15) is 30.7 Å². The zero-order valence-electron chi connectivity index (χ0n) is 10.4. The zero-order chi connectivity index (χ0) is 13.6. The smallest absolute Gasteiger partial charge is 0.407 e. The SMILES string of the molecule is O=C(O)N1CC2(CCC(c3cc(F)cc(Br)c3)C2)C1. The third-order valence-electron chi connectivity index (χ3n) is 4.38. The second kappa shape index (κ2) is 4.47. The Morgan fingerprint density at radius 3 is 2.79 bits per heavy atom. The molecule has 3 nitrogen and oxygen atoms in total. The van der Waals surface area contributed by atoms with Gasteiger partial charge in [-0.05, 0) is 48.9 Å². The third kappa shape index (κ3) is 2.36. The molecule has 1 unspecified atom stereocenters. The lowest BCUT2D eigenvalue weighted by molar-refractivity contribution is 0.0141. The number of likely N-dealkylation sites (tertiary alicyclic amines) is 1. The Morgan fingerprint density at radius 2 is 2.16 bits per heavy atom. The highest BCUT2D eigenvalue weighted by Gasteiger charge is 2.49. The largest absolute Gasteiger partial charge is 0.465 e. The predicted octanol–water partition coefficient (Wildman–Crippen LogP) is 3.84. The minimum Gasteiger partial charge on any atom is -0.465 e. The molecule has 2 aliphatic rings. The molecular formula is C14H15BrFNO2. The number of hydrogen-bond donors (Lipinski definition) is 1. The van der Waals surface area contributed by atoms with Crippen LogP contribution in [0.3, 0.4) is 0 Å². The number of hydrogen-bond acceptors (Lipinski definition) is 1. The molecule has 1 saturated carbocycles. The Hall–Kier alpha value is -1.10. The van der Waals surface area contributed by atoms with Crippen molar-refractivity contribution >= 4 is 22.0 Å². The first kappa shape index (κ1) is 12.9. The van der Waals surface area contributed by atoms with Gasteiger partial charge in [0.2, 0.25) is 0 Å². The highest BCUT2D eigenvalue weighted by atomic mass is 79.9. The molecule has 3 rings (SSSR count). The van der Waals surface area contributed by atoms with Gasteiger partial charge in [-0.25, -0.2) is 9.18 Å². The lowest BCUT2D eigenvalue weighted by atomic mass is 9.77. The van der Waals surface area contributed by atoms with E-state index < -0.39 is 6.09 Å². The highest BCUT2D eigenvalue weighted by Crippen LogP contribution is 2.51. The molecule has 1 saturated heterocycles. The fourth-order valence-corrected chi connectivity index (χ4v) is 3.97. The first-order valence-electron chi connectivity index (χ1n) is 6.41. The molecule has 0 aromatic heterocycles. The summed E-state index contributed by atoms with van der Waals surface area (Å²) in [5.41, 5.74) is 1.17. The summed E-state index contributed by atoms with van der Waals surface area (Å²) < 4.78 is 14.2. The van der Waals surface area contributed by atoms with Gasteiger partial charge >= 0.3 is 6.09 Å². The molecule has 1 N–H and O–H groups in total. The molecule has 1 heterocycles. The molecule has 1 aliphatic carbocycles. The van der Waals surface area contributed by atoms with E-state index >= 15 is 0 Å². The standard InChI is InChI=1S/C14H15BrFNO2/c15-11-3-10(4-12(16)5-11)9-1-2-14(6-9)7-17(8-14)13(18)19/h3-5,9H,1-2,6-8H2,(H,18,19). The molecule has 0 bridgehead atoms. The monoisotopic (exact) mass is 327 g/mol. The topological polar surface area (TPSA) is 40.5 Å². The molecule has 1 aliphatic heterocycles. The van der Waals surface area contributed by atoms with Gasteiger partial charge < -0.3 is 10.0 Å². The van der Waals surface area contributed by atoms with Crippen molar-refractivity contribution in [2.24, 2.45) is 5.41 Å². The maximum atomic E-state index is 13.4. The molecule has 1 atom stereocenters. The lowest BCUT2D eigenvalue weighted by Crippen LogP contribution is -2.56. The molecule has 1 aromatic rings. The van der Waals surface area contributed by atoms with Gasteiger partial charge in [0.15, 0.2) is 0 Å². The van der Waals surface area contributed by atoms with Gasteiger partial charge in [0.1, 0.15) is 5.82 Å². The summed E-state index contributed by atoms with van der Waals surface area (Å²) in [4.78, 5) is 12.3. The maximum Gasteiger partial charge on any atom is 0.407 e. The van der Waals surface area contributed by atoms with E-state index in [1.807, 2.05) is 6.07 Å². The van der Waals surface area contributed by atoms with Crippen molar-refractivity contribution in [1.82, 2.24) is 4.90 Å². The number of carboxylic acid groups (broad SMARTS) is 1. The van der Waals surface area contributed by atoms with Gasteiger partial charge in [0.05, 0.1) is 0 Å². The third-order valence-corrected chi connectivity index (χ3v) is 4.84. The van der Waals surface area contributed by atoms with Crippen LogP contribution in [-0.4, -0.2) is 29.2 Å². The van der Waals surface area contributed by atoms with E-state index in [1.54, 1.807) is 6.07 Å². The van der Waals surface area contributed by atoms with Crippen molar-refractivity contribution in [3.8, 4) is 0 Å². The molecule has 1 spiro atoms. The number of benzene rings is 1. The predicted molar refractivity (Wildman–Crippen MR) is 72.7 cm³/mol. The van der Waals surface area contributed by atoms with E-state index in [0.29, 0.717) is 19.0 Å². The second-order valence-corrected chi connectivity index (χ2v) is 6.70. The summed E-state index contributed by atoms with van der Waals surface area (Å²) >= 11 is 3.32. The van der Waals surface area contributed by atoms with E-state index in [1.165, 1.54) is 11.0 Å². The van der Waals surface area contributed by atoms with Gasteiger partial charge in [-0.3, -0.25) is 0 Å². The second-order valence-electron chi connectivity index (χ2n) is 5.78. The molecule has 0 radical (unpaired) electrons. The zero-order valence-corrected chi connectivity index (χ0v) is 12.0. The van der Waals surface area contributed by atoms with Crippen molar-refractivity contribution in [2.75, 3.05) is 13.1 Å². The van der Waals surface area contributed by atoms with Crippen LogP contribution in [0.25, 0.3) is 0 Å². The number of nitrogens with zero attached hydrogens (tertiary/aromatic N) is 1. The van der Waals surface area contributed by atoms with Gasteiger partial charge in [0.25, 0.3) is 0 Å². The minimum atomic E-state index is -0.831. The molecule has 1 amide bonds. The molecule has 102 valence electrons. The molecular weight excluding hydrogens is 313 g/mol. The van der Waals surface area contributed by atoms with Gasteiger partial charge in [-0.1, -0.05) is 15.9 Å². The van der Waals surface area contributed by atoms with Crippen LogP contribution in [0, 0.1) is 11.2 Å². The van der Waals surface area contributed by atoms with Crippen LogP contribution in [0.4, 0.5) is 9.18 Å². The van der Waals surface area contributed by atoms with Crippen molar-refractivity contribution in [1.29, 1.82) is 0 Å². The van der Waals surface area contributed by atoms with E-state index in [2.05, 4.69) is 15.9 Å². The Labute approximate surface area is 119 Å². The summed E-state index contributed by atoms with van der Waals surface area (Å²) in [7, 11) is 0. The average molecular weight is 328 g/mol. The first-order valence-corrected chi connectivity index (χ1v) is 7.21. The van der Waals surface area contributed by atoms with Crippen LogP contribution < -0.4 is 0 Å². The normalized spacial score (nSPS) is 24.5. The van der Waals surface area contributed by atoms with Crippen molar-refractivity contribution in [3.05, 3.63) is 34.1 Å². The Bertz CT molecular complexity index is 508. The minimum absolute atomic E-state index is 0.141. The van der Waals surface area contributed by atoms with Crippen molar-refractivity contribution < 1.29 is 14.3 Å². The van der Waals surface area contributed by atoms with Crippen LogP contribution in [0.2, 0.25) is 0 Å². The van der Waals surface area contributed by atoms with E-state index in [9.17, 15) is 9.18 Å². The average Bonchev–Trinajstić information content (AvgIpc) is 2.70. The molecule has 19 heavy (non-hydrogen) atoms. The van der Waals surface area contributed by atoms with Crippen molar-refractivity contribution in [2.45, 2.75) is 25.2 Å². The molecule has 1 aromatic carbocycles. The van der Waals surface area contributed by atoms with Gasteiger partial charge in [-0.15, -0.1) is 0 Å². The quantitative estimate of drug-likeness (QED) is 0.851. The van der Waals surface area contributed by atoms with Crippen LogP contribution >= 0.6 is 15.9 Å². The number of amides is 1. The Balaban J connectivity index is 1.71. The Morgan fingerprint density at radius 1 is 1.42 bits per heavy atom. The summed E-state index contributed by atoms with van der Waals surface area (Å²) in [5.74, 6) is 0.133. The Kier molecular flexibility index (Phi) is 3.04. The van der Waals surface area contributed by atoms with Gasteiger partial charge in [0, 0.05) is 23.0 Å². The maximum absolute atomic E-state index is 13.4. The number of halogens is 2. The summed E-state index contributed by atoms with van der Waals surface area (Å²) in [6.07, 6.45) is 2.19. The van der Waals surface area contributed by atoms with Gasteiger partial charge in [-0.2, -0.15) is 0 Å². The fourth-order valence-electron chi connectivity index (χ4n) is 3.49. The van der Waals surface area contributed by atoms with Crippen LogP contribution in [-0.2, 0) is 0 Å².